The van der Waals surface area contributed by atoms with E-state index in [9.17, 15) is 4.79 Å². The number of amides is 1. The molecule has 0 aliphatic carbocycles. The number of benzene rings is 1. The summed E-state index contributed by atoms with van der Waals surface area (Å²) in [5, 5.41) is 1.51. The van der Waals surface area contributed by atoms with Crippen molar-refractivity contribution in [3.8, 4) is 11.4 Å². The number of aryl methyl sites for hydroxylation is 1. The van der Waals surface area contributed by atoms with Crippen LogP contribution in [0.15, 0.2) is 42.6 Å². The molecule has 3 aromatic rings. The van der Waals surface area contributed by atoms with Crippen LogP contribution in [-0.4, -0.2) is 33.9 Å². The van der Waals surface area contributed by atoms with Crippen molar-refractivity contribution in [2.75, 3.05) is 13.1 Å². The highest BCUT2D eigenvalue weighted by molar-refractivity contribution is 6.32. The zero-order valence-electron chi connectivity index (χ0n) is 15.4. The van der Waals surface area contributed by atoms with Crippen LogP contribution in [0.3, 0.4) is 0 Å². The van der Waals surface area contributed by atoms with Crippen LogP contribution >= 0.6 is 11.6 Å². The molecule has 3 heterocycles. The van der Waals surface area contributed by atoms with Gasteiger partial charge >= 0.3 is 0 Å². The predicted octanol–water partition coefficient (Wildman–Crippen LogP) is 5.27. The molecule has 4 rings (SSSR count). The molecule has 1 aliphatic rings. The lowest BCUT2D eigenvalue weighted by Crippen LogP contribution is -2.32. The summed E-state index contributed by atoms with van der Waals surface area (Å²) in [5.74, 6) is 0.0724. The van der Waals surface area contributed by atoms with Gasteiger partial charge in [0.2, 0.25) is 0 Å². The quantitative estimate of drug-likeness (QED) is 0.608. The molecule has 0 spiro atoms. The van der Waals surface area contributed by atoms with Crippen molar-refractivity contribution < 1.29 is 4.79 Å². The van der Waals surface area contributed by atoms with Crippen molar-refractivity contribution in [3.05, 3.63) is 58.7 Å². The van der Waals surface area contributed by atoms with Crippen molar-refractivity contribution in [2.45, 2.75) is 32.6 Å². The highest BCUT2D eigenvalue weighted by Gasteiger charge is 2.22. The first-order valence-electron chi connectivity index (χ1n) is 9.45. The Morgan fingerprint density at radius 2 is 1.81 bits per heavy atom. The number of rotatable bonds is 2. The Hall–Kier alpha value is -2.46. The third kappa shape index (κ3) is 3.54. The van der Waals surface area contributed by atoms with E-state index < -0.39 is 0 Å². The second-order valence-electron chi connectivity index (χ2n) is 7.05. The Labute approximate surface area is 164 Å². The number of hydrogen-bond acceptors (Lipinski definition) is 3. The Bertz CT molecular complexity index is 980. The van der Waals surface area contributed by atoms with Crippen LogP contribution in [0, 0.1) is 6.92 Å². The molecule has 0 unspecified atom stereocenters. The number of pyridine rings is 2. The van der Waals surface area contributed by atoms with Crippen molar-refractivity contribution in [1.29, 1.82) is 0 Å². The molecule has 1 saturated heterocycles. The maximum atomic E-state index is 13.4. The molecule has 1 amide bonds. The molecule has 4 nitrogen and oxygen atoms in total. The van der Waals surface area contributed by atoms with Crippen LogP contribution in [0.25, 0.3) is 22.3 Å². The third-order valence-corrected chi connectivity index (χ3v) is 5.63. The number of fused-ring (bicyclic) bond motifs is 1. The minimum atomic E-state index is 0.0724. The lowest BCUT2D eigenvalue weighted by atomic mass is 10.0. The predicted molar refractivity (Wildman–Crippen MR) is 109 cm³/mol. The summed E-state index contributed by atoms with van der Waals surface area (Å²) in [6.07, 6.45) is 6.24. The standard InChI is InChI=1S/C22H22ClN3O/c1-15-18(23)10-9-16-17(22(27)26-12-6-2-3-7-13-26)14-20(25-21(15)16)19-8-4-5-11-24-19/h4-5,8-11,14H,2-3,6-7,12-13H2,1H3. The van der Waals surface area contributed by atoms with Gasteiger partial charge in [-0.05, 0) is 49.6 Å². The van der Waals surface area contributed by atoms with Gasteiger partial charge in [0, 0.05) is 29.7 Å². The molecule has 0 saturated carbocycles. The van der Waals surface area contributed by atoms with Crippen molar-refractivity contribution in [2.24, 2.45) is 0 Å². The Balaban J connectivity index is 1.89. The van der Waals surface area contributed by atoms with E-state index in [1.807, 2.05) is 48.2 Å². The molecular weight excluding hydrogens is 358 g/mol. The summed E-state index contributed by atoms with van der Waals surface area (Å²) >= 11 is 6.34. The molecule has 0 bridgehead atoms. The summed E-state index contributed by atoms with van der Waals surface area (Å²) in [6, 6.07) is 11.3. The maximum Gasteiger partial charge on any atom is 0.254 e. The van der Waals surface area contributed by atoms with Gasteiger partial charge in [-0.25, -0.2) is 4.98 Å². The SMILES string of the molecule is Cc1c(Cl)ccc2c(C(=O)N3CCCCCC3)cc(-c3ccccn3)nc12. The summed E-state index contributed by atoms with van der Waals surface area (Å²) < 4.78 is 0. The van der Waals surface area contributed by atoms with Gasteiger partial charge in [-0.15, -0.1) is 0 Å². The summed E-state index contributed by atoms with van der Waals surface area (Å²) in [6.45, 7) is 3.57. The fraction of sp³-hybridized carbons (Fsp3) is 0.318. The molecule has 0 radical (unpaired) electrons. The highest BCUT2D eigenvalue weighted by Crippen LogP contribution is 2.30. The zero-order valence-corrected chi connectivity index (χ0v) is 16.2. The number of halogens is 1. The summed E-state index contributed by atoms with van der Waals surface area (Å²) in [4.78, 5) is 24.6. The maximum absolute atomic E-state index is 13.4. The van der Waals surface area contributed by atoms with Crippen LogP contribution in [0.2, 0.25) is 5.02 Å². The normalized spacial score (nSPS) is 15.0. The molecule has 5 heteroatoms. The van der Waals surface area contributed by atoms with Crippen LogP contribution < -0.4 is 0 Å². The van der Waals surface area contributed by atoms with Gasteiger partial charge in [-0.1, -0.05) is 36.6 Å². The van der Waals surface area contributed by atoms with E-state index in [-0.39, 0.29) is 5.91 Å². The number of hydrogen-bond donors (Lipinski definition) is 0. The monoisotopic (exact) mass is 379 g/mol. The van der Waals surface area contributed by atoms with Crippen LogP contribution in [0.5, 0.6) is 0 Å². The second-order valence-corrected chi connectivity index (χ2v) is 7.45. The Kier molecular flexibility index (Phi) is 5.08. The van der Waals surface area contributed by atoms with Crippen LogP contribution in [-0.2, 0) is 0 Å². The number of carbonyl (C=O) groups is 1. The van der Waals surface area contributed by atoms with Gasteiger partial charge in [0.15, 0.2) is 0 Å². The number of aromatic nitrogens is 2. The van der Waals surface area contributed by atoms with Gasteiger partial charge in [0.25, 0.3) is 5.91 Å². The molecule has 0 N–H and O–H groups in total. The molecule has 0 atom stereocenters. The van der Waals surface area contributed by atoms with Gasteiger partial charge in [0.05, 0.1) is 22.5 Å². The third-order valence-electron chi connectivity index (χ3n) is 5.22. The number of carbonyl (C=O) groups excluding carboxylic acids is 1. The summed E-state index contributed by atoms with van der Waals surface area (Å²) in [5.41, 5.74) is 3.79. The Morgan fingerprint density at radius 1 is 1.04 bits per heavy atom. The average molecular weight is 380 g/mol. The molecule has 1 aromatic carbocycles. The zero-order chi connectivity index (χ0) is 18.8. The lowest BCUT2D eigenvalue weighted by Gasteiger charge is -2.22. The van der Waals surface area contributed by atoms with Crippen molar-refractivity contribution in [3.63, 3.8) is 0 Å². The summed E-state index contributed by atoms with van der Waals surface area (Å²) in [7, 11) is 0. The van der Waals surface area contributed by atoms with Gasteiger partial charge in [0.1, 0.15) is 0 Å². The first kappa shape index (κ1) is 17.9. The van der Waals surface area contributed by atoms with Crippen molar-refractivity contribution >= 4 is 28.4 Å². The highest BCUT2D eigenvalue weighted by atomic mass is 35.5. The van der Waals surface area contributed by atoms with Gasteiger partial charge in [-0.2, -0.15) is 0 Å². The van der Waals surface area contributed by atoms with E-state index >= 15 is 0 Å². The van der Waals surface area contributed by atoms with Crippen LogP contribution in [0.1, 0.15) is 41.6 Å². The van der Waals surface area contributed by atoms with E-state index in [0.29, 0.717) is 16.3 Å². The molecular formula is C22H22ClN3O. The first-order valence-corrected chi connectivity index (χ1v) is 9.83. The minimum absolute atomic E-state index is 0.0724. The topological polar surface area (TPSA) is 46.1 Å². The smallest absolute Gasteiger partial charge is 0.254 e. The number of likely N-dealkylation sites (tertiary alicyclic amines) is 1. The molecule has 1 aliphatic heterocycles. The Morgan fingerprint density at radius 3 is 2.52 bits per heavy atom. The second kappa shape index (κ2) is 7.65. The van der Waals surface area contributed by atoms with E-state index in [4.69, 9.17) is 16.6 Å². The van der Waals surface area contributed by atoms with Gasteiger partial charge in [-0.3, -0.25) is 9.78 Å². The van der Waals surface area contributed by atoms with E-state index in [0.717, 1.165) is 48.1 Å². The fourth-order valence-corrected chi connectivity index (χ4v) is 3.82. The minimum Gasteiger partial charge on any atom is -0.339 e. The molecule has 2 aromatic heterocycles. The lowest BCUT2D eigenvalue weighted by molar-refractivity contribution is 0.0763. The number of nitrogens with zero attached hydrogens (tertiary/aromatic N) is 3. The van der Waals surface area contributed by atoms with E-state index in [1.54, 1.807) is 6.20 Å². The average Bonchev–Trinajstić information content (AvgIpc) is 3.00. The van der Waals surface area contributed by atoms with E-state index in [1.165, 1.54) is 12.8 Å². The molecule has 27 heavy (non-hydrogen) atoms. The van der Waals surface area contributed by atoms with E-state index in [2.05, 4.69) is 4.98 Å². The fourth-order valence-electron chi connectivity index (χ4n) is 3.67. The van der Waals surface area contributed by atoms with Crippen LogP contribution in [0.4, 0.5) is 0 Å². The van der Waals surface area contributed by atoms with Crippen molar-refractivity contribution in [1.82, 2.24) is 14.9 Å². The molecule has 1 fully saturated rings. The van der Waals surface area contributed by atoms with Gasteiger partial charge < -0.3 is 4.90 Å². The molecule has 138 valence electrons. The largest absolute Gasteiger partial charge is 0.339 e. The first-order chi connectivity index (χ1) is 13.1.